The summed E-state index contributed by atoms with van der Waals surface area (Å²) in [5, 5.41) is 0. The van der Waals surface area contributed by atoms with Crippen LogP contribution in [0.4, 0.5) is 0 Å². The summed E-state index contributed by atoms with van der Waals surface area (Å²) in [6.45, 7) is 2.67. The van der Waals surface area contributed by atoms with Crippen LogP contribution in [0.25, 0.3) is 0 Å². The molecule has 126 valence electrons. The molecule has 0 radical (unpaired) electrons. The summed E-state index contributed by atoms with van der Waals surface area (Å²) in [4.78, 5) is 20.6. The molecule has 0 bridgehead atoms. The Hall–Kier alpha value is -1.40. The second-order valence-electron chi connectivity index (χ2n) is 7.41. The monoisotopic (exact) mass is 318 g/mol. The number of aromatic nitrogens is 2. The topological polar surface area (TPSA) is 50.6 Å². The average molecular weight is 318 g/mol. The average Bonchev–Trinajstić information content (AvgIpc) is 3.10. The van der Waals surface area contributed by atoms with Gasteiger partial charge in [0.25, 0.3) is 0 Å². The number of fused-ring (bicyclic) bond motifs is 1. The normalized spacial score (nSPS) is 31.1. The van der Waals surface area contributed by atoms with Gasteiger partial charge in [-0.05, 0) is 19.3 Å². The van der Waals surface area contributed by atoms with Crippen LogP contribution in [0, 0.1) is 0 Å². The van der Waals surface area contributed by atoms with Gasteiger partial charge in [-0.1, -0.05) is 0 Å². The van der Waals surface area contributed by atoms with Gasteiger partial charge >= 0.3 is 0 Å². The van der Waals surface area contributed by atoms with Crippen LogP contribution in [0.3, 0.4) is 0 Å². The molecule has 6 nitrogen and oxygen atoms in total. The van der Waals surface area contributed by atoms with Crippen LogP contribution in [0.2, 0.25) is 0 Å². The van der Waals surface area contributed by atoms with Gasteiger partial charge in [-0.3, -0.25) is 9.69 Å². The number of nitrogens with zero attached hydrogens (tertiary/aromatic N) is 4. The smallest absolute Gasteiger partial charge is 0.224 e. The van der Waals surface area contributed by atoms with Crippen molar-refractivity contribution >= 4 is 5.91 Å². The first-order chi connectivity index (χ1) is 11.1. The van der Waals surface area contributed by atoms with E-state index in [2.05, 4.69) is 20.6 Å². The van der Waals surface area contributed by atoms with Crippen molar-refractivity contribution in [3.63, 3.8) is 0 Å². The number of carbonyl (C=O) groups excluding carboxylic acids is 1. The Morgan fingerprint density at radius 3 is 2.91 bits per heavy atom. The fraction of sp³-hybridized carbons (Fsp3) is 0.765. The van der Waals surface area contributed by atoms with Crippen molar-refractivity contribution in [1.82, 2.24) is 19.4 Å². The Morgan fingerprint density at radius 1 is 1.35 bits per heavy atom. The van der Waals surface area contributed by atoms with Crippen molar-refractivity contribution in [1.29, 1.82) is 0 Å². The van der Waals surface area contributed by atoms with Crippen LogP contribution >= 0.6 is 0 Å². The number of rotatable bonds is 4. The summed E-state index contributed by atoms with van der Waals surface area (Å²) in [5.41, 5.74) is 0. The third-order valence-corrected chi connectivity index (χ3v) is 5.40. The second-order valence-corrected chi connectivity index (χ2v) is 7.41. The molecule has 2 aliphatic heterocycles. The molecule has 1 saturated carbocycles. The largest absolute Gasteiger partial charge is 0.375 e. The lowest BCUT2D eigenvalue weighted by molar-refractivity contribution is -0.134. The van der Waals surface area contributed by atoms with Crippen LogP contribution in [-0.4, -0.2) is 71.2 Å². The highest BCUT2D eigenvalue weighted by Crippen LogP contribution is 2.41. The zero-order valence-corrected chi connectivity index (χ0v) is 14.0. The van der Waals surface area contributed by atoms with Crippen LogP contribution in [0.1, 0.15) is 43.5 Å². The maximum atomic E-state index is 11.9. The first-order valence-electron chi connectivity index (χ1n) is 8.70. The number of hydrogen-bond acceptors (Lipinski definition) is 4. The molecule has 1 amide bonds. The quantitative estimate of drug-likeness (QED) is 0.838. The molecule has 1 aromatic heterocycles. The number of imidazole rings is 1. The van der Waals surface area contributed by atoms with Gasteiger partial charge in [-0.25, -0.2) is 4.98 Å². The van der Waals surface area contributed by atoms with Gasteiger partial charge in [0.05, 0.1) is 19.1 Å². The molecule has 1 aromatic rings. The molecule has 2 saturated heterocycles. The van der Waals surface area contributed by atoms with Crippen molar-refractivity contribution in [2.24, 2.45) is 0 Å². The van der Waals surface area contributed by atoms with Crippen LogP contribution in [0.15, 0.2) is 12.4 Å². The summed E-state index contributed by atoms with van der Waals surface area (Å²) in [6.07, 6.45) is 8.31. The van der Waals surface area contributed by atoms with E-state index in [0.29, 0.717) is 24.4 Å². The van der Waals surface area contributed by atoms with Crippen molar-refractivity contribution in [3.8, 4) is 0 Å². The summed E-state index contributed by atoms with van der Waals surface area (Å²) >= 11 is 0. The summed E-state index contributed by atoms with van der Waals surface area (Å²) in [5.74, 6) is 2.11. The van der Waals surface area contributed by atoms with E-state index in [4.69, 9.17) is 4.74 Å². The van der Waals surface area contributed by atoms with E-state index in [-0.39, 0.29) is 12.0 Å². The molecule has 0 spiro atoms. The summed E-state index contributed by atoms with van der Waals surface area (Å²) in [6, 6.07) is 0.991. The maximum absolute atomic E-state index is 11.9. The van der Waals surface area contributed by atoms with Gasteiger partial charge in [0.2, 0.25) is 5.91 Å². The van der Waals surface area contributed by atoms with E-state index in [0.717, 1.165) is 26.1 Å². The zero-order chi connectivity index (χ0) is 16.0. The van der Waals surface area contributed by atoms with Gasteiger partial charge in [-0.2, -0.15) is 0 Å². The Balaban J connectivity index is 1.39. The molecule has 3 heterocycles. The molecule has 4 rings (SSSR count). The van der Waals surface area contributed by atoms with Crippen molar-refractivity contribution in [3.05, 3.63) is 18.2 Å². The van der Waals surface area contributed by atoms with Crippen LogP contribution in [-0.2, 0) is 9.53 Å². The number of morpholine rings is 1. The summed E-state index contributed by atoms with van der Waals surface area (Å²) in [7, 11) is 3.61. The minimum atomic E-state index is 0.0330. The second kappa shape index (κ2) is 5.91. The van der Waals surface area contributed by atoms with Gasteiger partial charge in [-0.15, -0.1) is 0 Å². The first kappa shape index (κ1) is 15.1. The van der Waals surface area contributed by atoms with Gasteiger partial charge in [0, 0.05) is 57.6 Å². The lowest BCUT2D eigenvalue weighted by Crippen LogP contribution is -2.47. The van der Waals surface area contributed by atoms with E-state index in [1.807, 2.05) is 6.20 Å². The molecule has 0 aromatic carbocycles. The predicted octanol–water partition coefficient (Wildman–Crippen LogP) is 1.25. The highest BCUT2D eigenvalue weighted by Gasteiger charge is 2.40. The Morgan fingerprint density at radius 2 is 2.17 bits per heavy atom. The Kier molecular flexibility index (Phi) is 3.89. The first-order valence-corrected chi connectivity index (χ1v) is 8.70. The molecule has 0 unspecified atom stereocenters. The lowest BCUT2D eigenvalue weighted by atomic mass is 10.1. The molecule has 3 fully saturated rings. The van der Waals surface area contributed by atoms with E-state index in [1.54, 1.807) is 19.0 Å². The fourth-order valence-corrected chi connectivity index (χ4v) is 3.91. The van der Waals surface area contributed by atoms with Gasteiger partial charge in [0.15, 0.2) is 0 Å². The third-order valence-electron chi connectivity index (χ3n) is 5.40. The highest BCUT2D eigenvalue weighted by molar-refractivity contribution is 5.76. The van der Waals surface area contributed by atoms with E-state index in [9.17, 15) is 4.79 Å². The van der Waals surface area contributed by atoms with Gasteiger partial charge in [0.1, 0.15) is 5.82 Å². The molecular weight excluding hydrogens is 292 g/mol. The van der Waals surface area contributed by atoms with Crippen molar-refractivity contribution in [2.45, 2.75) is 49.8 Å². The SMILES string of the molecule is CN(C)C(=O)C[C@H]1CN2C[C@H](n3ccnc3C3CC3)C[C@H]2CO1. The van der Waals surface area contributed by atoms with Crippen LogP contribution < -0.4 is 0 Å². The molecule has 1 aliphatic carbocycles. The molecule has 6 heteroatoms. The summed E-state index contributed by atoms with van der Waals surface area (Å²) < 4.78 is 8.35. The fourth-order valence-electron chi connectivity index (χ4n) is 3.91. The molecule has 3 aliphatic rings. The van der Waals surface area contributed by atoms with E-state index >= 15 is 0 Å². The van der Waals surface area contributed by atoms with E-state index in [1.165, 1.54) is 18.7 Å². The number of hydrogen-bond donors (Lipinski definition) is 0. The molecule has 0 N–H and O–H groups in total. The zero-order valence-electron chi connectivity index (χ0n) is 14.0. The minimum absolute atomic E-state index is 0.0330. The Labute approximate surface area is 137 Å². The standard InChI is InChI=1S/C17H26N4O2/c1-19(2)16(22)8-15-10-20-9-13(7-14(20)11-23-15)21-6-5-18-17(21)12-3-4-12/h5-6,12-15H,3-4,7-11H2,1-2H3/t13-,14+,15+/m1/s1. The minimum Gasteiger partial charge on any atom is -0.375 e. The third kappa shape index (κ3) is 3.02. The van der Waals surface area contributed by atoms with Crippen molar-refractivity contribution in [2.75, 3.05) is 33.8 Å². The molecule has 23 heavy (non-hydrogen) atoms. The Bertz CT molecular complexity index is 581. The van der Waals surface area contributed by atoms with Gasteiger partial charge < -0.3 is 14.2 Å². The highest BCUT2D eigenvalue weighted by atomic mass is 16.5. The molecular formula is C17H26N4O2. The number of amides is 1. The lowest BCUT2D eigenvalue weighted by Gasteiger charge is -2.35. The predicted molar refractivity (Wildman–Crippen MR) is 86.3 cm³/mol. The number of carbonyl (C=O) groups is 1. The van der Waals surface area contributed by atoms with Crippen LogP contribution in [0.5, 0.6) is 0 Å². The van der Waals surface area contributed by atoms with E-state index < -0.39 is 0 Å². The van der Waals surface area contributed by atoms with Crippen molar-refractivity contribution < 1.29 is 9.53 Å². The maximum Gasteiger partial charge on any atom is 0.224 e. The molecule has 3 atom stereocenters. The number of ether oxygens (including phenoxy) is 1.